The molecule has 0 saturated heterocycles. The van der Waals surface area contributed by atoms with Gasteiger partial charge in [-0.3, -0.25) is 0 Å². The lowest BCUT2D eigenvalue weighted by molar-refractivity contribution is 0.660. The molecule has 0 bridgehead atoms. The number of hydrogen-bond acceptors (Lipinski definition) is 2. The van der Waals surface area contributed by atoms with Crippen LogP contribution in [0, 0.1) is 0 Å². The normalized spacial score (nSPS) is 14.3. The van der Waals surface area contributed by atoms with E-state index in [4.69, 9.17) is 0 Å². The highest BCUT2D eigenvalue weighted by Crippen LogP contribution is 2.64. The molecule has 0 unspecified atom stereocenters. The van der Waals surface area contributed by atoms with Crippen molar-refractivity contribution in [3.05, 3.63) is 264 Å². The van der Waals surface area contributed by atoms with Crippen molar-refractivity contribution >= 4 is 44.9 Å². The molecule has 10 aromatic carbocycles. The number of benzene rings is 10. The Bertz CT molecular complexity index is 3440. The van der Waals surface area contributed by atoms with E-state index in [-0.39, 0.29) is 5.41 Å². The summed E-state index contributed by atoms with van der Waals surface area (Å²) in [6.45, 7) is 4.75. The van der Waals surface area contributed by atoms with Crippen LogP contribution in [-0.4, -0.2) is 0 Å². The zero-order chi connectivity index (χ0) is 42.6. The molecule has 0 atom stereocenters. The van der Waals surface area contributed by atoms with Gasteiger partial charge in [0.1, 0.15) is 0 Å². The predicted octanol–water partition coefficient (Wildman–Crippen LogP) is 16.4. The van der Waals surface area contributed by atoms with Crippen molar-refractivity contribution in [1.82, 2.24) is 0 Å². The second kappa shape index (κ2) is 13.8. The fraction of sp³-hybridized carbons (Fsp3) is 0.0645. The molecule has 64 heavy (non-hydrogen) atoms. The molecule has 13 rings (SSSR count). The van der Waals surface area contributed by atoms with Crippen LogP contribution in [0.4, 0.5) is 34.1 Å². The van der Waals surface area contributed by atoms with E-state index < -0.39 is 5.41 Å². The van der Waals surface area contributed by atoms with Gasteiger partial charge in [-0.1, -0.05) is 184 Å². The summed E-state index contributed by atoms with van der Waals surface area (Å²) < 4.78 is 0. The molecule has 0 fully saturated rings. The third-order valence-corrected chi connectivity index (χ3v) is 14.5. The molecule has 2 nitrogen and oxygen atoms in total. The molecule has 302 valence electrons. The van der Waals surface area contributed by atoms with Crippen LogP contribution in [0.15, 0.2) is 231 Å². The maximum atomic E-state index is 2.51. The van der Waals surface area contributed by atoms with E-state index in [0.717, 1.165) is 22.7 Å². The van der Waals surface area contributed by atoms with E-state index in [0.29, 0.717) is 0 Å². The largest absolute Gasteiger partial charge is 0.310 e. The summed E-state index contributed by atoms with van der Waals surface area (Å²) in [5.41, 5.74) is 21.8. The highest BCUT2D eigenvalue weighted by atomic mass is 15.2. The molecule has 1 spiro atoms. The summed E-state index contributed by atoms with van der Waals surface area (Å²) in [5.74, 6) is 0. The Kier molecular flexibility index (Phi) is 7.90. The zero-order valence-electron chi connectivity index (χ0n) is 35.8. The van der Waals surface area contributed by atoms with Crippen LogP contribution < -0.4 is 9.80 Å². The SMILES string of the molecule is CC1(C)c2ccccc2-c2ccc(N(c3ccc(-c4cccc5ccccc45)cc3)c3ccc4c(c3)C3(c5ccccc5-4)c4ccccc4N(c4ccccc4)c4ccccc43)cc21. The fourth-order valence-electron chi connectivity index (χ4n) is 11.6. The summed E-state index contributed by atoms with van der Waals surface area (Å²) >= 11 is 0. The Morgan fingerprint density at radius 2 is 0.828 bits per heavy atom. The minimum atomic E-state index is -0.564. The Morgan fingerprint density at radius 1 is 0.344 bits per heavy atom. The van der Waals surface area contributed by atoms with Gasteiger partial charge < -0.3 is 9.80 Å². The Labute approximate surface area is 375 Å². The van der Waals surface area contributed by atoms with Gasteiger partial charge in [-0.05, 0) is 138 Å². The van der Waals surface area contributed by atoms with Crippen molar-refractivity contribution in [2.24, 2.45) is 0 Å². The van der Waals surface area contributed by atoms with Gasteiger partial charge in [-0.2, -0.15) is 0 Å². The van der Waals surface area contributed by atoms with E-state index in [1.165, 1.54) is 88.9 Å². The van der Waals surface area contributed by atoms with Crippen LogP contribution >= 0.6 is 0 Å². The average Bonchev–Trinajstić information content (AvgIpc) is 3.77. The van der Waals surface area contributed by atoms with Gasteiger partial charge in [0, 0.05) is 28.2 Å². The number of nitrogens with zero attached hydrogens (tertiary/aromatic N) is 2. The third-order valence-electron chi connectivity index (χ3n) is 14.5. The van der Waals surface area contributed by atoms with Crippen molar-refractivity contribution in [1.29, 1.82) is 0 Å². The number of para-hydroxylation sites is 3. The molecule has 2 aliphatic carbocycles. The Morgan fingerprint density at radius 3 is 1.53 bits per heavy atom. The van der Waals surface area contributed by atoms with E-state index in [1.54, 1.807) is 0 Å². The molecule has 10 aromatic rings. The second-order valence-electron chi connectivity index (χ2n) is 18.0. The van der Waals surface area contributed by atoms with Gasteiger partial charge in [0.15, 0.2) is 0 Å². The molecule has 0 radical (unpaired) electrons. The molecule has 0 amide bonds. The van der Waals surface area contributed by atoms with Crippen LogP contribution in [0.5, 0.6) is 0 Å². The molecule has 1 aliphatic heterocycles. The van der Waals surface area contributed by atoms with Gasteiger partial charge in [0.25, 0.3) is 0 Å². The fourth-order valence-corrected chi connectivity index (χ4v) is 11.6. The first-order valence-electron chi connectivity index (χ1n) is 22.4. The van der Waals surface area contributed by atoms with E-state index in [1.807, 2.05) is 0 Å². The smallest absolute Gasteiger partial charge is 0.0755 e. The summed E-state index contributed by atoms with van der Waals surface area (Å²) in [6, 6.07) is 85.9. The molecule has 1 heterocycles. The number of hydrogen-bond donors (Lipinski definition) is 0. The van der Waals surface area contributed by atoms with Crippen LogP contribution in [0.25, 0.3) is 44.2 Å². The first-order chi connectivity index (χ1) is 31.5. The molecular formula is C62H44N2. The van der Waals surface area contributed by atoms with Crippen molar-refractivity contribution in [3.8, 4) is 33.4 Å². The van der Waals surface area contributed by atoms with Crippen molar-refractivity contribution < 1.29 is 0 Å². The summed E-state index contributed by atoms with van der Waals surface area (Å²) in [7, 11) is 0. The van der Waals surface area contributed by atoms with Crippen LogP contribution in [0.3, 0.4) is 0 Å². The highest BCUT2D eigenvalue weighted by molar-refractivity contribution is 5.99. The van der Waals surface area contributed by atoms with Gasteiger partial charge in [-0.15, -0.1) is 0 Å². The Balaban J connectivity index is 1.05. The standard InChI is InChI=1S/C62H44N2/c1-61(2)53-25-10-8-22-49(53)51-37-35-45(39-57(51)61)63(44-33-31-42(32-34-44)48-24-16-18-41-17-6-7-21-47(41)48)46-36-38-52-50-23-9-11-26-54(50)62(58(52)40-46)55-27-12-14-29-59(55)64(43-19-4-3-5-20-43)60-30-15-13-28-56(60)62/h3-40H,1-2H3. The van der Waals surface area contributed by atoms with Gasteiger partial charge >= 0.3 is 0 Å². The van der Waals surface area contributed by atoms with Crippen molar-refractivity contribution in [3.63, 3.8) is 0 Å². The van der Waals surface area contributed by atoms with Crippen molar-refractivity contribution in [2.45, 2.75) is 24.7 Å². The third kappa shape index (κ3) is 5.08. The van der Waals surface area contributed by atoms with Gasteiger partial charge in [0.2, 0.25) is 0 Å². The minimum Gasteiger partial charge on any atom is -0.310 e. The van der Waals surface area contributed by atoms with E-state index in [2.05, 4.69) is 254 Å². The van der Waals surface area contributed by atoms with Crippen molar-refractivity contribution in [2.75, 3.05) is 9.80 Å². The predicted molar refractivity (Wildman–Crippen MR) is 267 cm³/mol. The molecule has 0 saturated carbocycles. The first-order valence-corrected chi connectivity index (χ1v) is 22.4. The molecule has 0 N–H and O–H groups in total. The topological polar surface area (TPSA) is 6.48 Å². The maximum absolute atomic E-state index is 2.51. The van der Waals surface area contributed by atoms with Gasteiger partial charge in [0.05, 0.1) is 16.8 Å². The minimum absolute atomic E-state index is 0.143. The second-order valence-corrected chi connectivity index (χ2v) is 18.0. The van der Waals surface area contributed by atoms with Gasteiger partial charge in [-0.25, -0.2) is 0 Å². The zero-order valence-corrected chi connectivity index (χ0v) is 35.8. The monoisotopic (exact) mass is 816 g/mol. The highest BCUT2D eigenvalue weighted by Gasteiger charge is 2.52. The molecule has 3 aliphatic rings. The van der Waals surface area contributed by atoms with E-state index >= 15 is 0 Å². The summed E-state index contributed by atoms with van der Waals surface area (Å²) in [5, 5.41) is 2.51. The van der Waals surface area contributed by atoms with E-state index in [9.17, 15) is 0 Å². The number of rotatable bonds is 5. The quantitative estimate of drug-likeness (QED) is 0.171. The lowest BCUT2D eigenvalue weighted by Crippen LogP contribution is -2.36. The maximum Gasteiger partial charge on any atom is 0.0755 e. The average molecular weight is 817 g/mol. The lowest BCUT2D eigenvalue weighted by Gasteiger charge is -2.45. The number of anilines is 6. The van der Waals surface area contributed by atoms with Crippen LogP contribution in [0.1, 0.15) is 47.2 Å². The number of fused-ring (bicyclic) bond motifs is 13. The van der Waals surface area contributed by atoms with Crippen LogP contribution in [0.2, 0.25) is 0 Å². The Hall–Kier alpha value is -7.94. The molecule has 2 heteroatoms. The molecule has 0 aromatic heterocycles. The first kappa shape index (κ1) is 36.7. The molecular weight excluding hydrogens is 773 g/mol. The summed E-state index contributed by atoms with van der Waals surface area (Å²) in [4.78, 5) is 4.94. The summed E-state index contributed by atoms with van der Waals surface area (Å²) in [6.07, 6.45) is 0. The lowest BCUT2D eigenvalue weighted by atomic mass is 9.64. The van der Waals surface area contributed by atoms with Crippen LogP contribution in [-0.2, 0) is 10.8 Å².